The number of nitrogens with zero attached hydrogens (tertiary/aromatic N) is 2. The fourth-order valence-corrected chi connectivity index (χ4v) is 5.01. The van der Waals surface area contributed by atoms with Crippen molar-refractivity contribution in [1.82, 2.24) is 9.97 Å². The Labute approximate surface area is 159 Å². The van der Waals surface area contributed by atoms with Crippen molar-refractivity contribution in [3.63, 3.8) is 0 Å². The van der Waals surface area contributed by atoms with Gasteiger partial charge in [0.25, 0.3) is 0 Å². The van der Waals surface area contributed by atoms with Crippen LogP contribution in [0.4, 0.5) is 5.69 Å². The van der Waals surface area contributed by atoms with E-state index in [4.69, 9.17) is 4.74 Å². The number of thiol groups is 1. The van der Waals surface area contributed by atoms with Crippen molar-refractivity contribution in [1.29, 1.82) is 0 Å². The van der Waals surface area contributed by atoms with Gasteiger partial charge in [-0.1, -0.05) is 25.1 Å². The van der Waals surface area contributed by atoms with Crippen LogP contribution in [0.1, 0.15) is 13.3 Å². The lowest BCUT2D eigenvalue weighted by Crippen LogP contribution is -2.10. The smallest absolute Gasteiger partial charge is 0.214 e. The summed E-state index contributed by atoms with van der Waals surface area (Å²) < 4.78 is 5.19. The summed E-state index contributed by atoms with van der Waals surface area (Å²) >= 11 is 0. The minimum absolute atomic E-state index is 0.0476. The molecule has 0 aliphatic carbocycles. The van der Waals surface area contributed by atoms with E-state index < -0.39 is 10.9 Å². The average Bonchev–Trinajstić information content (AvgIpc) is 3.31. The Morgan fingerprint density at radius 2 is 2.15 bits per heavy atom. The summed E-state index contributed by atoms with van der Waals surface area (Å²) in [5.41, 5.74) is 2.42. The SMILES string of the molecule is CCC(=O)C1=C[SH](c2c[nH]c3ccccc23)C(Nc2ccnc(OC)c2)=N1. The molecule has 138 valence electrons. The van der Waals surface area contributed by atoms with Gasteiger partial charge >= 0.3 is 0 Å². The number of aromatic amines is 1. The van der Waals surface area contributed by atoms with Crippen LogP contribution in [0.5, 0.6) is 5.88 Å². The van der Waals surface area contributed by atoms with E-state index in [1.807, 2.05) is 48.9 Å². The van der Waals surface area contributed by atoms with Crippen molar-refractivity contribution >= 4 is 38.4 Å². The Bertz CT molecular complexity index is 1070. The van der Waals surface area contributed by atoms with Crippen LogP contribution in [-0.4, -0.2) is 28.0 Å². The third-order valence-corrected chi connectivity index (χ3v) is 6.40. The molecular weight excluding hydrogens is 360 g/mol. The number of methoxy groups -OCH3 is 1. The van der Waals surface area contributed by atoms with Gasteiger partial charge in [0.15, 0.2) is 11.0 Å². The summed E-state index contributed by atoms with van der Waals surface area (Å²) in [5.74, 6) is 0.569. The van der Waals surface area contributed by atoms with Gasteiger partial charge in [0, 0.05) is 46.4 Å². The molecule has 1 aromatic carbocycles. The van der Waals surface area contributed by atoms with Gasteiger partial charge in [0.1, 0.15) is 5.70 Å². The molecular formula is C20H20N4O2S. The molecule has 0 radical (unpaired) electrons. The van der Waals surface area contributed by atoms with E-state index in [1.54, 1.807) is 13.3 Å². The van der Waals surface area contributed by atoms with Gasteiger partial charge in [-0.3, -0.25) is 4.79 Å². The van der Waals surface area contributed by atoms with Crippen molar-refractivity contribution in [2.75, 3.05) is 12.4 Å². The molecule has 2 N–H and O–H groups in total. The molecule has 0 spiro atoms. The molecule has 0 bridgehead atoms. The number of anilines is 1. The number of H-pyrrole nitrogens is 1. The monoisotopic (exact) mass is 380 g/mol. The van der Waals surface area contributed by atoms with Gasteiger partial charge in [-0.05, 0) is 17.5 Å². The number of allylic oxidation sites excluding steroid dienone is 1. The first-order valence-electron chi connectivity index (χ1n) is 8.65. The number of para-hydroxylation sites is 1. The Morgan fingerprint density at radius 3 is 2.96 bits per heavy atom. The van der Waals surface area contributed by atoms with Crippen molar-refractivity contribution in [2.24, 2.45) is 4.99 Å². The average molecular weight is 380 g/mol. The number of benzene rings is 1. The number of ketones is 1. The Balaban J connectivity index is 1.74. The number of aliphatic imine (C=N–C) groups is 1. The molecule has 1 atom stereocenters. The van der Waals surface area contributed by atoms with E-state index in [2.05, 4.69) is 26.3 Å². The molecule has 4 rings (SSSR count). The van der Waals surface area contributed by atoms with Crippen molar-refractivity contribution in [3.05, 3.63) is 59.9 Å². The largest absolute Gasteiger partial charge is 0.481 e. The number of hydrogen-bond donors (Lipinski definition) is 3. The fourth-order valence-electron chi connectivity index (χ4n) is 2.95. The summed E-state index contributed by atoms with van der Waals surface area (Å²) in [4.78, 5) is 25.5. The van der Waals surface area contributed by atoms with Gasteiger partial charge in [0.05, 0.1) is 7.11 Å². The van der Waals surface area contributed by atoms with Gasteiger partial charge in [0.2, 0.25) is 5.88 Å². The molecule has 0 amide bonds. The van der Waals surface area contributed by atoms with Gasteiger partial charge in [-0.15, -0.1) is 10.9 Å². The zero-order valence-electron chi connectivity index (χ0n) is 15.1. The molecule has 3 heterocycles. The summed E-state index contributed by atoms with van der Waals surface area (Å²) in [6.45, 7) is 1.85. The number of fused-ring (bicyclic) bond motifs is 1. The molecule has 7 heteroatoms. The zero-order valence-corrected chi connectivity index (χ0v) is 16.0. The quantitative estimate of drug-likeness (QED) is 0.579. The minimum atomic E-state index is -0.918. The number of carbonyl (C=O) groups is 1. The molecule has 6 nitrogen and oxygen atoms in total. The molecule has 2 aromatic heterocycles. The zero-order chi connectivity index (χ0) is 18.8. The Hall–Kier alpha value is -3.06. The predicted octanol–water partition coefficient (Wildman–Crippen LogP) is 4.23. The molecule has 3 aromatic rings. The third-order valence-electron chi connectivity index (χ3n) is 4.34. The highest BCUT2D eigenvalue weighted by Gasteiger charge is 2.25. The maximum atomic E-state index is 12.3. The highest BCUT2D eigenvalue weighted by molar-refractivity contribution is 8.33. The van der Waals surface area contributed by atoms with Crippen LogP contribution in [0.15, 0.2) is 69.8 Å². The van der Waals surface area contributed by atoms with E-state index in [0.717, 1.165) is 26.7 Å². The first-order chi connectivity index (χ1) is 13.2. The minimum Gasteiger partial charge on any atom is -0.481 e. The standard InChI is InChI=1S/C20H20N4O2S/c1-3-17(25)16-12-27(18-11-22-15-7-5-4-6-14(15)18)20(24-16)23-13-8-9-21-19(10-13)26-2/h4-12,22,27H,3H2,1-2H3,(H,21,23,24). The van der Waals surface area contributed by atoms with Crippen LogP contribution in [0.2, 0.25) is 0 Å². The number of nitrogens with one attached hydrogen (secondary N) is 2. The number of carbonyl (C=O) groups excluding carboxylic acids is 1. The number of hydrogen-bond acceptors (Lipinski definition) is 5. The highest BCUT2D eigenvalue weighted by Crippen LogP contribution is 2.48. The maximum Gasteiger partial charge on any atom is 0.214 e. The van der Waals surface area contributed by atoms with Gasteiger partial charge < -0.3 is 15.0 Å². The second-order valence-electron chi connectivity index (χ2n) is 6.03. The molecule has 0 fully saturated rings. The summed E-state index contributed by atoms with van der Waals surface area (Å²) in [5, 5.41) is 7.29. The number of ether oxygens (including phenoxy) is 1. The first-order valence-corrected chi connectivity index (χ1v) is 10.1. The van der Waals surface area contributed by atoms with E-state index in [0.29, 0.717) is 18.0 Å². The van der Waals surface area contributed by atoms with Crippen molar-refractivity contribution in [2.45, 2.75) is 18.2 Å². The van der Waals surface area contributed by atoms with Crippen LogP contribution in [-0.2, 0) is 4.79 Å². The number of pyridine rings is 1. The molecule has 1 aliphatic rings. The van der Waals surface area contributed by atoms with Crippen LogP contribution >= 0.6 is 10.9 Å². The molecule has 0 saturated heterocycles. The predicted molar refractivity (Wildman–Crippen MR) is 111 cm³/mol. The number of amidine groups is 1. The van der Waals surface area contributed by atoms with Crippen LogP contribution in [0.3, 0.4) is 0 Å². The summed E-state index contributed by atoms with van der Waals surface area (Å²) in [7, 11) is 0.663. The lowest BCUT2D eigenvalue weighted by atomic mass is 10.2. The van der Waals surface area contributed by atoms with Crippen LogP contribution in [0, 0.1) is 0 Å². The lowest BCUT2D eigenvalue weighted by molar-refractivity contribution is -0.115. The lowest BCUT2D eigenvalue weighted by Gasteiger charge is -2.17. The van der Waals surface area contributed by atoms with E-state index >= 15 is 0 Å². The molecule has 1 aliphatic heterocycles. The highest BCUT2D eigenvalue weighted by atomic mass is 32.2. The van der Waals surface area contributed by atoms with E-state index in [-0.39, 0.29) is 5.78 Å². The summed E-state index contributed by atoms with van der Waals surface area (Å²) in [6.07, 6.45) is 4.12. The van der Waals surface area contributed by atoms with E-state index in [1.165, 1.54) is 0 Å². The second kappa shape index (κ2) is 7.28. The van der Waals surface area contributed by atoms with Crippen molar-refractivity contribution in [3.8, 4) is 5.88 Å². The second-order valence-corrected chi connectivity index (χ2v) is 7.93. The molecule has 1 unspecified atom stereocenters. The molecule has 27 heavy (non-hydrogen) atoms. The van der Waals surface area contributed by atoms with E-state index in [9.17, 15) is 4.79 Å². The van der Waals surface area contributed by atoms with Crippen molar-refractivity contribution < 1.29 is 9.53 Å². The van der Waals surface area contributed by atoms with Crippen LogP contribution < -0.4 is 10.1 Å². The number of Topliss-reactive ketones (excluding diaryl/α,β-unsaturated/α-hetero) is 1. The normalized spacial score (nSPS) is 17.5. The number of aromatic nitrogens is 2. The van der Waals surface area contributed by atoms with Gasteiger partial charge in [-0.25, -0.2) is 9.98 Å². The van der Waals surface area contributed by atoms with Gasteiger partial charge in [-0.2, -0.15) is 0 Å². The first kappa shape index (κ1) is 17.4. The topological polar surface area (TPSA) is 79.4 Å². The third kappa shape index (κ3) is 3.33. The number of rotatable bonds is 5. The fraction of sp³-hybridized carbons (Fsp3) is 0.150. The Kier molecular flexibility index (Phi) is 4.68. The summed E-state index contributed by atoms with van der Waals surface area (Å²) in [6, 6.07) is 11.8. The maximum absolute atomic E-state index is 12.3. The van der Waals surface area contributed by atoms with Crippen LogP contribution in [0.25, 0.3) is 10.9 Å². The Morgan fingerprint density at radius 1 is 1.30 bits per heavy atom. The molecule has 0 saturated carbocycles.